The molecule has 0 heterocycles. The SMILES string of the molecule is CCCCC(CC)(CCCS(=O)(=O)CC)CNCC. The molecule has 0 aromatic rings. The van der Waals surface area contributed by atoms with Gasteiger partial charge in [-0.2, -0.15) is 0 Å². The van der Waals surface area contributed by atoms with Crippen LogP contribution in [0.1, 0.15) is 66.2 Å². The summed E-state index contributed by atoms with van der Waals surface area (Å²) in [6, 6.07) is 0. The molecule has 1 N–H and O–H groups in total. The lowest BCUT2D eigenvalue weighted by molar-refractivity contribution is 0.212. The van der Waals surface area contributed by atoms with E-state index in [1.165, 1.54) is 19.3 Å². The highest BCUT2D eigenvalue weighted by Gasteiger charge is 2.27. The Morgan fingerprint density at radius 3 is 2.11 bits per heavy atom. The van der Waals surface area contributed by atoms with E-state index in [0.29, 0.717) is 5.75 Å². The minimum Gasteiger partial charge on any atom is -0.316 e. The number of hydrogen-bond acceptors (Lipinski definition) is 3. The van der Waals surface area contributed by atoms with Crippen LogP contribution >= 0.6 is 0 Å². The molecule has 0 bridgehead atoms. The van der Waals surface area contributed by atoms with Crippen LogP contribution in [0.15, 0.2) is 0 Å². The normalized spacial score (nSPS) is 15.4. The predicted molar refractivity (Wildman–Crippen MR) is 84.4 cm³/mol. The van der Waals surface area contributed by atoms with E-state index in [-0.39, 0.29) is 11.2 Å². The van der Waals surface area contributed by atoms with E-state index in [9.17, 15) is 8.42 Å². The Bertz CT molecular complexity index is 304. The second-order valence-corrected chi connectivity index (χ2v) is 8.05. The van der Waals surface area contributed by atoms with E-state index in [1.807, 2.05) is 0 Å². The molecule has 0 spiro atoms. The zero-order valence-electron chi connectivity index (χ0n) is 13.3. The van der Waals surface area contributed by atoms with Crippen molar-refractivity contribution in [3.8, 4) is 0 Å². The molecule has 0 aromatic carbocycles. The van der Waals surface area contributed by atoms with Gasteiger partial charge < -0.3 is 5.32 Å². The van der Waals surface area contributed by atoms with Crippen molar-refractivity contribution in [2.75, 3.05) is 24.6 Å². The van der Waals surface area contributed by atoms with Gasteiger partial charge in [-0.25, -0.2) is 8.42 Å². The maximum Gasteiger partial charge on any atom is 0.150 e. The van der Waals surface area contributed by atoms with Gasteiger partial charge in [0, 0.05) is 12.3 Å². The lowest BCUT2D eigenvalue weighted by atomic mass is 9.76. The van der Waals surface area contributed by atoms with Crippen LogP contribution in [0.25, 0.3) is 0 Å². The number of sulfone groups is 1. The summed E-state index contributed by atoms with van der Waals surface area (Å²) in [6.45, 7) is 10.3. The summed E-state index contributed by atoms with van der Waals surface area (Å²) in [5.74, 6) is 0.623. The number of nitrogens with one attached hydrogen (secondary N) is 1. The standard InChI is InChI=1S/C15H33NO2S/c1-5-9-11-15(6-2,14-16-7-3)12-10-13-19(17,18)8-4/h16H,5-14H2,1-4H3. The van der Waals surface area contributed by atoms with E-state index >= 15 is 0 Å². The monoisotopic (exact) mass is 291 g/mol. The highest BCUT2D eigenvalue weighted by molar-refractivity contribution is 7.91. The van der Waals surface area contributed by atoms with Crippen molar-refractivity contribution < 1.29 is 8.42 Å². The molecule has 116 valence electrons. The summed E-state index contributed by atoms with van der Waals surface area (Å²) in [7, 11) is -2.81. The minimum absolute atomic E-state index is 0.272. The van der Waals surface area contributed by atoms with Crippen molar-refractivity contribution in [1.82, 2.24) is 5.32 Å². The van der Waals surface area contributed by atoms with Crippen LogP contribution in [0.3, 0.4) is 0 Å². The molecule has 0 rings (SSSR count). The quantitative estimate of drug-likeness (QED) is 0.599. The van der Waals surface area contributed by atoms with Gasteiger partial charge in [0.05, 0.1) is 5.75 Å². The largest absolute Gasteiger partial charge is 0.316 e. The molecule has 0 aliphatic heterocycles. The summed E-state index contributed by atoms with van der Waals surface area (Å²) in [5, 5.41) is 3.46. The van der Waals surface area contributed by atoms with Crippen molar-refractivity contribution in [3.05, 3.63) is 0 Å². The van der Waals surface area contributed by atoms with Gasteiger partial charge in [-0.15, -0.1) is 0 Å². The molecule has 1 unspecified atom stereocenters. The molecule has 4 heteroatoms. The molecule has 0 aliphatic rings. The molecule has 3 nitrogen and oxygen atoms in total. The van der Waals surface area contributed by atoms with Crippen molar-refractivity contribution in [2.45, 2.75) is 66.2 Å². The van der Waals surface area contributed by atoms with Crippen molar-refractivity contribution in [1.29, 1.82) is 0 Å². The highest BCUT2D eigenvalue weighted by Crippen LogP contribution is 2.33. The summed E-state index contributed by atoms with van der Waals surface area (Å²) in [4.78, 5) is 0. The molecular weight excluding hydrogens is 258 g/mol. The Hall–Kier alpha value is -0.0900. The predicted octanol–water partition coefficient (Wildman–Crippen LogP) is 3.40. The van der Waals surface area contributed by atoms with Gasteiger partial charge >= 0.3 is 0 Å². The summed E-state index contributed by atoms with van der Waals surface area (Å²) >= 11 is 0. The molecule has 0 radical (unpaired) electrons. The minimum atomic E-state index is -2.81. The fourth-order valence-corrected chi connectivity index (χ4v) is 3.41. The van der Waals surface area contributed by atoms with Gasteiger partial charge in [0.25, 0.3) is 0 Å². The summed E-state index contributed by atoms with van der Waals surface area (Å²) in [5.41, 5.74) is 0.287. The van der Waals surface area contributed by atoms with Gasteiger partial charge in [-0.3, -0.25) is 0 Å². The molecule has 0 aromatic heterocycles. The Morgan fingerprint density at radius 2 is 1.63 bits per heavy atom. The van der Waals surface area contributed by atoms with Crippen LogP contribution in [-0.4, -0.2) is 33.0 Å². The number of hydrogen-bond donors (Lipinski definition) is 1. The summed E-state index contributed by atoms with van der Waals surface area (Å²) in [6.07, 6.45) is 6.61. The number of rotatable bonds is 12. The van der Waals surface area contributed by atoms with E-state index < -0.39 is 9.84 Å². The maximum absolute atomic E-state index is 11.6. The van der Waals surface area contributed by atoms with Crippen LogP contribution in [0.2, 0.25) is 0 Å². The van der Waals surface area contributed by atoms with E-state index in [1.54, 1.807) is 6.92 Å². The van der Waals surface area contributed by atoms with E-state index in [2.05, 4.69) is 26.1 Å². The van der Waals surface area contributed by atoms with Crippen LogP contribution in [0.4, 0.5) is 0 Å². The van der Waals surface area contributed by atoms with E-state index in [4.69, 9.17) is 0 Å². The van der Waals surface area contributed by atoms with Gasteiger partial charge in [0.2, 0.25) is 0 Å². The molecule has 0 aliphatic carbocycles. The molecule has 0 saturated heterocycles. The van der Waals surface area contributed by atoms with Crippen molar-refractivity contribution in [3.63, 3.8) is 0 Å². The van der Waals surface area contributed by atoms with Gasteiger partial charge in [0.1, 0.15) is 9.84 Å². The first-order valence-corrected chi connectivity index (χ1v) is 9.68. The first kappa shape index (κ1) is 18.9. The molecule has 0 fully saturated rings. The topological polar surface area (TPSA) is 46.2 Å². The molecular formula is C15H33NO2S. The number of unbranched alkanes of at least 4 members (excludes halogenated alkanes) is 1. The smallest absolute Gasteiger partial charge is 0.150 e. The fraction of sp³-hybridized carbons (Fsp3) is 1.00. The third-order valence-corrected chi connectivity index (χ3v) is 5.95. The van der Waals surface area contributed by atoms with Crippen LogP contribution in [0.5, 0.6) is 0 Å². The van der Waals surface area contributed by atoms with Crippen LogP contribution < -0.4 is 5.32 Å². The zero-order chi connectivity index (χ0) is 14.8. The van der Waals surface area contributed by atoms with E-state index in [0.717, 1.165) is 32.4 Å². The lowest BCUT2D eigenvalue weighted by Gasteiger charge is -2.33. The highest BCUT2D eigenvalue weighted by atomic mass is 32.2. The average molecular weight is 292 g/mol. The van der Waals surface area contributed by atoms with Crippen LogP contribution in [-0.2, 0) is 9.84 Å². The van der Waals surface area contributed by atoms with Crippen LogP contribution in [0, 0.1) is 5.41 Å². The lowest BCUT2D eigenvalue weighted by Crippen LogP contribution is -2.34. The van der Waals surface area contributed by atoms with Gasteiger partial charge in [-0.05, 0) is 37.6 Å². The second-order valence-electron chi connectivity index (χ2n) is 5.58. The third-order valence-electron chi connectivity index (χ3n) is 4.16. The van der Waals surface area contributed by atoms with Crippen molar-refractivity contribution >= 4 is 9.84 Å². The summed E-state index contributed by atoms with van der Waals surface area (Å²) < 4.78 is 23.2. The Balaban J connectivity index is 4.46. The van der Waals surface area contributed by atoms with Gasteiger partial charge in [-0.1, -0.05) is 40.5 Å². The van der Waals surface area contributed by atoms with Gasteiger partial charge in [0.15, 0.2) is 0 Å². The Labute approximate surface area is 120 Å². The third kappa shape index (κ3) is 7.93. The average Bonchev–Trinajstić information content (AvgIpc) is 2.41. The second kappa shape index (κ2) is 9.76. The molecule has 0 saturated carbocycles. The molecule has 1 atom stereocenters. The first-order valence-electron chi connectivity index (χ1n) is 7.86. The van der Waals surface area contributed by atoms with Crippen molar-refractivity contribution in [2.24, 2.45) is 5.41 Å². The fourth-order valence-electron chi connectivity index (χ4n) is 2.53. The Morgan fingerprint density at radius 1 is 1.00 bits per heavy atom. The first-order chi connectivity index (χ1) is 8.95. The maximum atomic E-state index is 11.6. The molecule has 0 amide bonds. The zero-order valence-corrected chi connectivity index (χ0v) is 14.1. The molecule has 19 heavy (non-hydrogen) atoms. The Kier molecular flexibility index (Phi) is 9.71.